The second kappa shape index (κ2) is 10.3. The van der Waals surface area contributed by atoms with Crippen LogP contribution < -0.4 is 14.8 Å². The van der Waals surface area contributed by atoms with Crippen molar-refractivity contribution in [2.45, 2.75) is 11.3 Å². The highest BCUT2D eigenvalue weighted by Gasteiger charge is 2.20. The van der Waals surface area contributed by atoms with Crippen LogP contribution in [0.2, 0.25) is 5.02 Å². The largest absolute Gasteiger partial charge is 0.453 e. The normalized spacial score (nSPS) is 11.0. The third-order valence-corrected chi connectivity index (χ3v) is 6.65. The maximum atomic E-state index is 15.2. The van der Waals surface area contributed by atoms with Crippen molar-refractivity contribution in [3.63, 3.8) is 0 Å². The van der Waals surface area contributed by atoms with E-state index < -0.39 is 28.2 Å². The van der Waals surface area contributed by atoms with Gasteiger partial charge in [0.2, 0.25) is 15.9 Å². The minimum atomic E-state index is -3.81. The molecule has 0 fully saturated rings. The van der Waals surface area contributed by atoms with Gasteiger partial charge in [-0.2, -0.15) is 5.26 Å². The molecule has 0 saturated carbocycles. The summed E-state index contributed by atoms with van der Waals surface area (Å²) in [7, 11) is -2.56. The molecule has 0 heterocycles. The zero-order chi connectivity index (χ0) is 24.2. The van der Waals surface area contributed by atoms with Gasteiger partial charge >= 0.3 is 0 Å². The third kappa shape index (κ3) is 5.89. The highest BCUT2D eigenvalue weighted by Crippen LogP contribution is 2.35. The number of nitrogens with zero attached hydrogens (tertiary/aromatic N) is 1. The van der Waals surface area contributed by atoms with Crippen LogP contribution in [0.25, 0.3) is 0 Å². The number of sulfonamides is 1. The molecule has 0 bridgehead atoms. The van der Waals surface area contributed by atoms with E-state index in [-0.39, 0.29) is 32.7 Å². The molecule has 3 aromatic rings. The average molecular weight is 553 g/mol. The molecule has 0 unspecified atom stereocenters. The minimum Gasteiger partial charge on any atom is -0.453 e. The van der Waals surface area contributed by atoms with Gasteiger partial charge in [0.1, 0.15) is 10.6 Å². The molecule has 170 valence electrons. The first-order valence-corrected chi connectivity index (χ1v) is 12.0. The number of rotatable bonds is 7. The average Bonchev–Trinajstić information content (AvgIpc) is 2.78. The van der Waals surface area contributed by atoms with Crippen LogP contribution in [0.5, 0.6) is 11.5 Å². The molecule has 0 spiro atoms. The maximum Gasteiger partial charge on any atom is 0.242 e. The fraction of sp³-hybridized carbons (Fsp3) is 0.0909. The predicted molar refractivity (Wildman–Crippen MR) is 125 cm³/mol. The molecule has 0 aliphatic rings. The van der Waals surface area contributed by atoms with Crippen LogP contribution >= 0.6 is 27.5 Å². The zero-order valence-electron chi connectivity index (χ0n) is 17.0. The molecule has 2 N–H and O–H groups in total. The summed E-state index contributed by atoms with van der Waals surface area (Å²) < 4.78 is 47.8. The monoisotopic (exact) mass is 551 g/mol. The summed E-state index contributed by atoms with van der Waals surface area (Å²) >= 11 is 9.35. The van der Waals surface area contributed by atoms with Gasteiger partial charge in [0, 0.05) is 10.0 Å². The van der Waals surface area contributed by atoms with Crippen LogP contribution in [0.1, 0.15) is 11.1 Å². The summed E-state index contributed by atoms with van der Waals surface area (Å²) in [5, 5.41) is 11.6. The molecule has 7 nitrogen and oxygen atoms in total. The van der Waals surface area contributed by atoms with Crippen LogP contribution in [-0.4, -0.2) is 21.4 Å². The van der Waals surface area contributed by atoms with Gasteiger partial charge in [-0.15, -0.1) is 0 Å². The number of amides is 1. The minimum absolute atomic E-state index is 0.0173. The number of carbonyl (C=O) groups excluding carboxylic acids is 1. The Morgan fingerprint density at radius 3 is 2.64 bits per heavy atom. The summed E-state index contributed by atoms with van der Waals surface area (Å²) in [5.74, 6) is -1.63. The molecule has 1 amide bonds. The topological polar surface area (TPSA) is 108 Å². The molecule has 0 aromatic heterocycles. The number of ether oxygens (including phenoxy) is 1. The lowest BCUT2D eigenvalue weighted by Crippen LogP contribution is -2.22. The zero-order valence-corrected chi connectivity index (χ0v) is 20.2. The Bertz CT molecular complexity index is 1380. The first kappa shape index (κ1) is 24.7. The first-order valence-electron chi connectivity index (χ1n) is 9.32. The number of carbonyl (C=O) groups is 1. The molecule has 33 heavy (non-hydrogen) atoms. The standard InChI is InChI=1S/C22H16BrClFN3O4S/c1-27-33(30,31)19-5-3-2-4-18(19)28-20(29)10-14-6-7-17(24)22(21(14)25)32-16-9-13(12-26)8-15(23)11-16/h2-9,11,27H,10H2,1H3,(H,28,29). The molecule has 0 atom stereocenters. The Labute approximate surface area is 203 Å². The SMILES string of the molecule is CNS(=O)(=O)c1ccccc1NC(=O)Cc1ccc(Cl)c(Oc2cc(Br)cc(C#N)c2)c1F. The molecule has 0 saturated heterocycles. The van der Waals surface area contributed by atoms with Crippen molar-refractivity contribution >= 4 is 49.1 Å². The van der Waals surface area contributed by atoms with Crippen molar-refractivity contribution in [1.82, 2.24) is 4.72 Å². The fourth-order valence-electron chi connectivity index (χ4n) is 2.89. The van der Waals surface area contributed by atoms with E-state index in [0.717, 1.165) is 0 Å². The molecule has 0 aliphatic carbocycles. The van der Waals surface area contributed by atoms with Gasteiger partial charge in [0.05, 0.1) is 28.8 Å². The number of nitrogens with one attached hydrogen (secondary N) is 2. The van der Waals surface area contributed by atoms with Gasteiger partial charge in [-0.1, -0.05) is 45.7 Å². The summed E-state index contributed by atoms with van der Waals surface area (Å²) in [4.78, 5) is 12.5. The summed E-state index contributed by atoms with van der Waals surface area (Å²) in [6.07, 6.45) is -0.408. The van der Waals surface area contributed by atoms with Crippen molar-refractivity contribution < 1.29 is 22.3 Å². The lowest BCUT2D eigenvalue weighted by molar-refractivity contribution is -0.115. The van der Waals surface area contributed by atoms with E-state index in [1.54, 1.807) is 12.1 Å². The molecular weight excluding hydrogens is 537 g/mol. The second-order valence-electron chi connectivity index (χ2n) is 6.67. The van der Waals surface area contributed by atoms with Crippen LogP contribution in [-0.2, 0) is 21.2 Å². The van der Waals surface area contributed by atoms with Crippen LogP contribution in [0.4, 0.5) is 10.1 Å². The number of halogens is 3. The number of hydrogen-bond donors (Lipinski definition) is 2. The quantitative estimate of drug-likeness (QED) is 0.429. The van der Waals surface area contributed by atoms with E-state index in [2.05, 4.69) is 26.0 Å². The van der Waals surface area contributed by atoms with E-state index in [1.807, 2.05) is 6.07 Å². The Morgan fingerprint density at radius 1 is 1.21 bits per heavy atom. The molecular formula is C22H16BrClFN3O4S. The van der Waals surface area contributed by atoms with E-state index >= 15 is 4.39 Å². The van der Waals surface area contributed by atoms with E-state index in [1.165, 1.54) is 49.5 Å². The number of nitriles is 1. The lowest BCUT2D eigenvalue weighted by Gasteiger charge is -2.14. The Balaban J connectivity index is 1.86. The highest BCUT2D eigenvalue weighted by atomic mass is 79.9. The van der Waals surface area contributed by atoms with Gasteiger partial charge in [-0.3, -0.25) is 4.79 Å². The number of benzene rings is 3. The van der Waals surface area contributed by atoms with Gasteiger partial charge in [-0.05, 0) is 43.4 Å². The van der Waals surface area contributed by atoms with Crippen molar-refractivity contribution in [3.8, 4) is 17.6 Å². The number of anilines is 1. The van der Waals surface area contributed by atoms with Gasteiger partial charge < -0.3 is 10.1 Å². The number of para-hydroxylation sites is 1. The van der Waals surface area contributed by atoms with Gasteiger partial charge in [0.25, 0.3) is 0 Å². The van der Waals surface area contributed by atoms with Gasteiger partial charge in [-0.25, -0.2) is 17.5 Å². The van der Waals surface area contributed by atoms with Crippen LogP contribution in [0, 0.1) is 17.1 Å². The summed E-state index contributed by atoms with van der Waals surface area (Å²) in [6.45, 7) is 0. The second-order valence-corrected chi connectivity index (χ2v) is 9.85. The molecule has 11 heteroatoms. The Hall–Kier alpha value is -2.97. The Morgan fingerprint density at radius 2 is 1.94 bits per heavy atom. The first-order chi connectivity index (χ1) is 15.6. The van der Waals surface area contributed by atoms with Crippen LogP contribution in [0.3, 0.4) is 0 Å². The molecule has 0 radical (unpaired) electrons. The third-order valence-electron chi connectivity index (χ3n) is 4.42. The van der Waals surface area contributed by atoms with Crippen LogP contribution in [0.15, 0.2) is 64.0 Å². The van der Waals surface area contributed by atoms with E-state index in [0.29, 0.717) is 10.0 Å². The maximum absolute atomic E-state index is 15.2. The lowest BCUT2D eigenvalue weighted by atomic mass is 10.1. The fourth-order valence-corrected chi connectivity index (χ4v) is 4.43. The van der Waals surface area contributed by atoms with Crippen molar-refractivity contribution in [1.29, 1.82) is 5.26 Å². The van der Waals surface area contributed by atoms with E-state index in [9.17, 15) is 13.2 Å². The van der Waals surface area contributed by atoms with Crippen molar-refractivity contribution in [3.05, 3.63) is 81.0 Å². The van der Waals surface area contributed by atoms with Crippen molar-refractivity contribution in [2.24, 2.45) is 0 Å². The summed E-state index contributed by atoms with van der Waals surface area (Å²) in [5.41, 5.74) is 0.332. The molecule has 3 aromatic carbocycles. The van der Waals surface area contributed by atoms with Crippen molar-refractivity contribution in [2.75, 3.05) is 12.4 Å². The molecule has 0 aliphatic heterocycles. The van der Waals surface area contributed by atoms with Gasteiger partial charge in [0.15, 0.2) is 11.6 Å². The number of hydrogen-bond acceptors (Lipinski definition) is 5. The molecule has 3 rings (SSSR count). The predicted octanol–water partition coefficient (Wildman–Crippen LogP) is 4.99. The van der Waals surface area contributed by atoms with E-state index in [4.69, 9.17) is 21.6 Å². The Kier molecular flexibility index (Phi) is 7.71. The smallest absolute Gasteiger partial charge is 0.242 e. The summed E-state index contributed by atoms with van der Waals surface area (Å²) in [6, 6.07) is 15.0. The highest BCUT2D eigenvalue weighted by molar-refractivity contribution is 9.10.